The summed E-state index contributed by atoms with van der Waals surface area (Å²) in [6.07, 6.45) is 1.09. The van der Waals surface area contributed by atoms with Crippen molar-refractivity contribution in [3.8, 4) is 0 Å². The molecule has 0 spiro atoms. The molecule has 0 saturated carbocycles. The van der Waals surface area contributed by atoms with E-state index < -0.39 is 10.0 Å². The molecule has 0 aliphatic carbocycles. The highest BCUT2D eigenvalue weighted by molar-refractivity contribution is 7.92. The first-order valence-corrected chi connectivity index (χ1v) is 9.19. The molecule has 6 nitrogen and oxygen atoms in total. The summed E-state index contributed by atoms with van der Waals surface area (Å²) >= 11 is 0. The fraction of sp³-hybridized carbons (Fsp3) is 0.118. The molecule has 0 atom stereocenters. The SMILES string of the molecule is Cc1[nH]c2ccccc2c1C(=O)Nc1ccc(NS(C)(=O)=O)cc1. The smallest absolute Gasteiger partial charge is 0.258 e. The van der Waals surface area contributed by atoms with E-state index in [9.17, 15) is 13.2 Å². The van der Waals surface area contributed by atoms with E-state index in [0.29, 0.717) is 16.9 Å². The molecule has 7 heteroatoms. The Morgan fingerprint density at radius 1 is 1.00 bits per heavy atom. The van der Waals surface area contributed by atoms with E-state index in [1.165, 1.54) is 0 Å². The number of amides is 1. The molecule has 0 bridgehead atoms. The lowest BCUT2D eigenvalue weighted by Crippen LogP contribution is -2.13. The van der Waals surface area contributed by atoms with Crippen molar-refractivity contribution in [1.29, 1.82) is 0 Å². The lowest BCUT2D eigenvalue weighted by Gasteiger charge is -2.08. The normalized spacial score (nSPS) is 11.4. The van der Waals surface area contributed by atoms with Gasteiger partial charge in [0.25, 0.3) is 5.91 Å². The van der Waals surface area contributed by atoms with Crippen LogP contribution in [0.3, 0.4) is 0 Å². The Kier molecular flexibility index (Phi) is 4.02. The van der Waals surface area contributed by atoms with E-state index in [-0.39, 0.29) is 5.91 Å². The minimum Gasteiger partial charge on any atom is -0.358 e. The average Bonchev–Trinajstić information content (AvgIpc) is 2.83. The minimum atomic E-state index is -3.32. The number of hydrogen-bond donors (Lipinski definition) is 3. The standard InChI is InChI=1S/C17H17N3O3S/c1-11-16(14-5-3-4-6-15(14)18-11)17(21)19-12-7-9-13(10-8-12)20-24(2,22)23/h3-10,18,20H,1-2H3,(H,19,21). The third-order valence-corrected chi connectivity index (χ3v) is 4.17. The number of hydrogen-bond acceptors (Lipinski definition) is 3. The molecule has 3 N–H and O–H groups in total. The fourth-order valence-electron chi connectivity index (χ4n) is 2.60. The zero-order valence-electron chi connectivity index (χ0n) is 13.3. The highest BCUT2D eigenvalue weighted by Gasteiger charge is 2.15. The molecule has 0 fully saturated rings. The van der Waals surface area contributed by atoms with Crippen LogP contribution in [0.2, 0.25) is 0 Å². The maximum Gasteiger partial charge on any atom is 0.258 e. The first-order valence-electron chi connectivity index (χ1n) is 7.30. The first kappa shape index (κ1) is 16.1. The third-order valence-electron chi connectivity index (χ3n) is 3.57. The molecule has 3 aromatic rings. The number of nitrogens with one attached hydrogen (secondary N) is 3. The first-order chi connectivity index (χ1) is 11.3. The molecule has 0 aliphatic heterocycles. The molecule has 0 radical (unpaired) electrons. The fourth-order valence-corrected chi connectivity index (χ4v) is 3.16. The molecule has 2 aromatic carbocycles. The number of rotatable bonds is 4. The molecule has 3 rings (SSSR count). The second-order valence-electron chi connectivity index (χ2n) is 5.58. The number of aromatic nitrogens is 1. The maximum absolute atomic E-state index is 12.6. The molecule has 0 saturated heterocycles. The molecule has 124 valence electrons. The van der Waals surface area contributed by atoms with E-state index >= 15 is 0 Å². The van der Waals surface area contributed by atoms with Gasteiger partial charge in [-0.3, -0.25) is 9.52 Å². The van der Waals surface area contributed by atoms with Crippen molar-refractivity contribution in [2.75, 3.05) is 16.3 Å². The van der Waals surface area contributed by atoms with Crippen molar-refractivity contribution in [3.05, 3.63) is 59.8 Å². The van der Waals surface area contributed by atoms with Crippen molar-refractivity contribution in [1.82, 2.24) is 4.98 Å². The van der Waals surface area contributed by atoms with Gasteiger partial charge in [0, 0.05) is 28.0 Å². The summed E-state index contributed by atoms with van der Waals surface area (Å²) in [5.41, 5.74) is 3.34. The van der Waals surface area contributed by atoms with E-state index in [4.69, 9.17) is 0 Å². The van der Waals surface area contributed by atoms with E-state index in [1.54, 1.807) is 24.3 Å². The Morgan fingerprint density at radius 2 is 1.62 bits per heavy atom. The molecule has 24 heavy (non-hydrogen) atoms. The van der Waals surface area contributed by atoms with Gasteiger partial charge in [0.1, 0.15) is 0 Å². The van der Waals surface area contributed by atoms with Crippen LogP contribution in [0.15, 0.2) is 48.5 Å². The van der Waals surface area contributed by atoms with Crippen molar-refractivity contribution < 1.29 is 13.2 Å². The molecule has 1 heterocycles. The summed E-state index contributed by atoms with van der Waals surface area (Å²) in [6.45, 7) is 1.86. The van der Waals surface area contributed by atoms with Crippen LogP contribution in [-0.2, 0) is 10.0 Å². The van der Waals surface area contributed by atoms with Gasteiger partial charge >= 0.3 is 0 Å². The van der Waals surface area contributed by atoms with Gasteiger partial charge in [-0.05, 0) is 37.3 Å². The van der Waals surface area contributed by atoms with Gasteiger partial charge in [0.15, 0.2) is 0 Å². The number of carbonyl (C=O) groups is 1. The van der Waals surface area contributed by atoms with Crippen LogP contribution in [0.5, 0.6) is 0 Å². The highest BCUT2D eigenvalue weighted by Crippen LogP contribution is 2.23. The van der Waals surface area contributed by atoms with Crippen LogP contribution in [0, 0.1) is 6.92 Å². The lowest BCUT2D eigenvalue weighted by atomic mass is 10.1. The third kappa shape index (κ3) is 3.41. The Bertz CT molecular complexity index is 1010. The van der Waals surface area contributed by atoms with Crippen molar-refractivity contribution in [2.24, 2.45) is 0 Å². The van der Waals surface area contributed by atoms with Crippen molar-refractivity contribution >= 4 is 38.2 Å². The highest BCUT2D eigenvalue weighted by atomic mass is 32.2. The predicted molar refractivity (Wildman–Crippen MR) is 95.9 cm³/mol. The van der Waals surface area contributed by atoms with Crippen LogP contribution in [0.1, 0.15) is 16.1 Å². The predicted octanol–water partition coefficient (Wildman–Crippen LogP) is 3.10. The van der Waals surface area contributed by atoms with Crippen molar-refractivity contribution in [3.63, 3.8) is 0 Å². The number of para-hydroxylation sites is 1. The van der Waals surface area contributed by atoms with Crippen LogP contribution in [-0.4, -0.2) is 25.6 Å². The van der Waals surface area contributed by atoms with Crippen molar-refractivity contribution in [2.45, 2.75) is 6.92 Å². The van der Waals surface area contributed by atoms with E-state index in [2.05, 4.69) is 15.0 Å². The zero-order valence-corrected chi connectivity index (χ0v) is 14.1. The number of aromatic amines is 1. The molecule has 1 aromatic heterocycles. The number of benzene rings is 2. The van der Waals surface area contributed by atoms with E-state index in [0.717, 1.165) is 22.9 Å². The summed E-state index contributed by atoms with van der Waals surface area (Å²) in [5.74, 6) is -0.214. The molecule has 0 aliphatic rings. The van der Waals surface area contributed by atoms with Crippen LogP contribution >= 0.6 is 0 Å². The second-order valence-corrected chi connectivity index (χ2v) is 7.32. The molecular formula is C17H17N3O3S. The Labute approximate surface area is 139 Å². The summed E-state index contributed by atoms with van der Waals surface area (Å²) < 4.78 is 24.8. The number of sulfonamides is 1. The van der Waals surface area contributed by atoms with Crippen LogP contribution < -0.4 is 10.0 Å². The summed E-state index contributed by atoms with van der Waals surface area (Å²) in [5, 5.41) is 3.69. The van der Waals surface area contributed by atoms with Gasteiger partial charge in [0.2, 0.25) is 10.0 Å². The number of H-pyrrole nitrogens is 1. The van der Waals surface area contributed by atoms with Gasteiger partial charge in [-0.2, -0.15) is 0 Å². The average molecular weight is 343 g/mol. The minimum absolute atomic E-state index is 0.214. The maximum atomic E-state index is 12.6. The summed E-state index contributed by atoms with van der Waals surface area (Å²) in [4.78, 5) is 15.8. The number of anilines is 2. The Hall–Kier alpha value is -2.80. The quantitative estimate of drug-likeness (QED) is 0.680. The molecule has 1 amide bonds. The number of carbonyl (C=O) groups excluding carboxylic acids is 1. The second kappa shape index (κ2) is 6.01. The monoisotopic (exact) mass is 343 g/mol. The lowest BCUT2D eigenvalue weighted by molar-refractivity contribution is 0.102. The Morgan fingerprint density at radius 3 is 2.29 bits per heavy atom. The van der Waals surface area contributed by atoms with Crippen LogP contribution in [0.4, 0.5) is 11.4 Å². The van der Waals surface area contributed by atoms with E-state index in [1.807, 2.05) is 31.2 Å². The van der Waals surface area contributed by atoms with Gasteiger partial charge < -0.3 is 10.3 Å². The van der Waals surface area contributed by atoms with Crippen LogP contribution in [0.25, 0.3) is 10.9 Å². The summed E-state index contributed by atoms with van der Waals surface area (Å²) in [6, 6.07) is 14.1. The van der Waals surface area contributed by atoms with Gasteiger partial charge in [-0.15, -0.1) is 0 Å². The van der Waals surface area contributed by atoms with Gasteiger partial charge in [0.05, 0.1) is 11.8 Å². The van der Waals surface area contributed by atoms with Gasteiger partial charge in [-0.1, -0.05) is 18.2 Å². The summed E-state index contributed by atoms with van der Waals surface area (Å²) in [7, 11) is -3.32. The largest absolute Gasteiger partial charge is 0.358 e. The number of fused-ring (bicyclic) bond motifs is 1. The van der Waals surface area contributed by atoms with Gasteiger partial charge in [-0.25, -0.2) is 8.42 Å². The molecular weight excluding hydrogens is 326 g/mol. The molecule has 0 unspecified atom stereocenters. The topological polar surface area (TPSA) is 91.1 Å². The Balaban J connectivity index is 1.83. The zero-order chi connectivity index (χ0) is 17.3. The number of aryl methyl sites for hydroxylation is 1.